The zero-order valence-electron chi connectivity index (χ0n) is 14.1. The predicted octanol–water partition coefficient (Wildman–Crippen LogP) is 3.10. The summed E-state index contributed by atoms with van der Waals surface area (Å²) in [4.78, 5) is 29.5. The molecule has 1 N–H and O–H groups in total. The van der Waals surface area contributed by atoms with Crippen LogP contribution in [0.15, 0.2) is 67.0 Å². The largest absolute Gasteiger partial charge is 0.467 e. The van der Waals surface area contributed by atoms with Gasteiger partial charge in [-0.05, 0) is 35.7 Å². The minimum absolute atomic E-state index is 0.134. The molecule has 0 saturated heterocycles. The van der Waals surface area contributed by atoms with Gasteiger partial charge in [-0.25, -0.2) is 4.98 Å². The van der Waals surface area contributed by atoms with Gasteiger partial charge >= 0.3 is 0 Å². The number of furan rings is 2. The molecule has 0 aromatic carbocycles. The summed E-state index contributed by atoms with van der Waals surface area (Å²) in [5, 5.41) is 5.10. The molecule has 4 aromatic rings. The zero-order valence-corrected chi connectivity index (χ0v) is 15.7. The van der Waals surface area contributed by atoms with Crippen LogP contribution in [-0.2, 0) is 17.9 Å². The Morgan fingerprint density at radius 3 is 2.70 bits per heavy atom. The van der Waals surface area contributed by atoms with Crippen molar-refractivity contribution in [2.75, 3.05) is 5.75 Å². The first-order chi connectivity index (χ1) is 13.2. The number of rotatable bonds is 7. The fourth-order valence-corrected chi connectivity index (χ4v) is 4.12. The Labute approximate surface area is 162 Å². The highest BCUT2D eigenvalue weighted by molar-refractivity contribution is 7.99. The molecule has 7 nitrogen and oxygen atoms in total. The Morgan fingerprint density at radius 2 is 1.96 bits per heavy atom. The summed E-state index contributed by atoms with van der Waals surface area (Å²) in [7, 11) is 0. The van der Waals surface area contributed by atoms with Crippen LogP contribution < -0.4 is 10.9 Å². The molecular formula is C18H15N3O4S2. The van der Waals surface area contributed by atoms with Gasteiger partial charge in [0, 0.05) is 0 Å². The molecule has 0 bridgehead atoms. The van der Waals surface area contributed by atoms with E-state index in [0.29, 0.717) is 33.4 Å². The lowest BCUT2D eigenvalue weighted by Crippen LogP contribution is -2.26. The number of fused-ring (bicyclic) bond motifs is 1. The molecule has 9 heteroatoms. The highest BCUT2D eigenvalue weighted by Crippen LogP contribution is 2.21. The van der Waals surface area contributed by atoms with Crippen molar-refractivity contribution in [2.24, 2.45) is 0 Å². The van der Waals surface area contributed by atoms with E-state index in [2.05, 4.69) is 10.3 Å². The molecule has 27 heavy (non-hydrogen) atoms. The maximum atomic E-state index is 12.8. The van der Waals surface area contributed by atoms with Crippen LogP contribution in [0.2, 0.25) is 0 Å². The Morgan fingerprint density at radius 1 is 1.19 bits per heavy atom. The van der Waals surface area contributed by atoms with E-state index in [4.69, 9.17) is 8.83 Å². The van der Waals surface area contributed by atoms with Crippen molar-refractivity contribution in [1.29, 1.82) is 0 Å². The van der Waals surface area contributed by atoms with E-state index in [9.17, 15) is 9.59 Å². The molecule has 4 aromatic heterocycles. The van der Waals surface area contributed by atoms with Gasteiger partial charge in [0.2, 0.25) is 5.91 Å². The van der Waals surface area contributed by atoms with Gasteiger partial charge in [0.1, 0.15) is 16.2 Å². The summed E-state index contributed by atoms with van der Waals surface area (Å²) >= 11 is 2.57. The van der Waals surface area contributed by atoms with E-state index in [1.807, 2.05) is 5.38 Å². The standard InChI is InChI=1S/C18H15N3O4S2/c22-15(19-9-12-3-1-6-24-12)11-27-18-20-14-5-8-26-16(14)17(23)21(18)10-13-4-2-7-25-13/h1-8H,9-11H2,(H,19,22). The van der Waals surface area contributed by atoms with Crippen LogP contribution in [-0.4, -0.2) is 21.2 Å². The van der Waals surface area contributed by atoms with Gasteiger partial charge in [-0.3, -0.25) is 14.2 Å². The van der Waals surface area contributed by atoms with Crippen molar-refractivity contribution in [3.05, 3.63) is 70.1 Å². The Kier molecular flexibility index (Phi) is 5.12. The number of nitrogens with one attached hydrogen (secondary N) is 1. The van der Waals surface area contributed by atoms with E-state index in [1.165, 1.54) is 23.1 Å². The highest BCUT2D eigenvalue weighted by Gasteiger charge is 2.15. The Hall–Kier alpha value is -2.78. The summed E-state index contributed by atoms with van der Waals surface area (Å²) in [6.07, 6.45) is 3.12. The van der Waals surface area contributed by atoms with E-state index >= 15 is 0 Å². The molecule has 138 valence electrons. The second kappa shape index (κ2) is 7.85. The molecule has 4 heterocycles. The average molecular weight is 401 g/mol. The lowest BCUT2D eigenvalue weighted by Gasteiger charge is -2.10. The molecule has 0 aliphatic rings. The first-order valence-corrected chi connectivity index (χ1v) is 9.99. The molecule has 0 fully saturated rings. The topological polar surface area (TPSA) is 90.3 Å². The molecule has 0 radical (unpaired) electrons. The van der Waals surface area contributed by atoms with Crippen LogP contribution in [0.5, 0.6) is 0 Å². The van der Waals surface area contributed by atoms with Crippen molar-refractivity contribution in [2.45, 2.75) is 18.2 Å². The van der Waals surface area contributed by atoms with Crippen LogP contribution in [0, 0.1) is 0 Å². The third kappa shape index (κ3) is 3.99. The molecule has 0 atom stereocenters. The van der Waals surface area contributed by atoms with Crippen LogP contribution >= 0.6 is 23.1 Å². The van der Waals surface area contributed by atoms with Gasteiger partial charge in [-0.1, -0.05) is 11.8 Å². The van der Waals surface area contributed by atoms with E-state index < -0.39 is 0 Å². The van der Waals surface area contributed by atoms with Crippen molar-refractivity contribution >= 4 is 39.2 Å². The number of amides is 1. The number of carbonyl (C=O) groups is 1. The van der Waals surface area contributed by atoms with Crippen LogP contribution in [0.25, 0.3) is 10.2 Å². The van der Waals surface area contributed by atoms with Gasteiger partial charge < -0.3 is 14.2 Å². The summed E-state index contributed by atoms with van der Waals surface area (Å²) in [6, 6.07) is 8.94. The molecular weight excluding hydrogens is 386 g/mol. The molecule has 0 aliphatic carbocycles. The van der Waals surface area contributed by atoms with E-state index in [1.54, 1.807) is 47.4 Å². The number of hydrogen-bond donors (Lipinski definition) is 1. The molecule has 0 aliphatic heterocycles. The SMILES string of the molecule is O=C(CSc1nc2ccsc2c(=O)n1Cc1ccco1)NCc1ccco1. The third-order valence-electron chi connectivity index (χ3n) is 3.80. The van der Waals surface area contributed by atoms with Crippen molar-refractivity contribution < 1.29 is 13.6 Å². The lowest BCUT2D eigenvalue weighted by molar-refractivity contribution is -0.118. The third-order valence-corrected chi connectivity index (χ3v) is 5.67. The molecule has 4 rings (SSSR count). The summed E-state index contributed by atoms with van der Waals surface area (Å²) in [5.74, 6) is 1.31. The summed E-state index contributed by atoms with van der Waals surface area (Å²) in [6.45, 7) is 0.589. The highest BCUT2D eigenvalue weighted by atomic mass is 32.2. The molecule has 0 unspecified atom stereocenters. The second-order valence-electron chi connectivity index (χ2n) is 5.64. The number of nitrogens with zero attached hydrogens (tertiary/aromatic N) is 2. The second-order valence-corrected chi connectivity index (χ2v) is 7.50. The smallest absolute Gasteiger partial charge is 0.272 e. The van der Waals surface area contributed by atoms with E-state index in [-0.39, 0.29) is 23.8 Å². The number of aromatic nitrogens is 2. The Balaban J connectivity index is 1.52. The minimum Gasteiger partial charge on any atom is -0.467 e. The molecule has 0 spiro atoms. The lowest BCUT2D eigenvalue weighted by atomic mass is 10.4. The zero-order chi connectivity index (χ0) is 18.6. The maximum absolute atomic E-state index is 12.8. The normalized spacial score (nSPS) is 11.1. The predicted molar refractivity (Wildman–Crippen MR) is 103 cm³/mol. The minimum atomic E-state index is -0.166. The van der Waals surface area contributed by atoms with Crippen molar-refractivity contribution in [3.63, 3.8) is 0 Å². The Bertz CT molecular complexity index is 1100. The van der Waals surface area contributed by atoms with Crippen LogP contribution in [0.4, 0.5) is 0 Å². The number of hydrogen-bond acceptors (Lipinski definition) is 7. The van der Waals surface area contributed by atoms with Crippen molar-refractivity contribution in [1.82, 2.24) is 14.9 Å². The quantitative estimate of drug-likeness (QED) is 0.378. The van der Waals surface area contributed by atoms with Gasteiger partial charge in [-0.2, -0.15) is 0 Å². The van der Waals surface area contributed by atoms with Gasteiger partial charge in [-0.15, -0.1) is 11.3 Å². The number of carbonyl (C=O) groups excluding carboxylic acids is 1. The maximum Gasteiger partial charge on any atom is 0.272 e. The molecule has 0 saturated carbocycles. The molecule has 1 amide bonds. The fraction of sp³-hybridized carbons (Fsp3) is 0.167. The first kappa shape index (κ1) is 17.6. The number of thioether (sulfide) groups is 1. The van der Waals surface area contributed by atoms with Crippen LogP contribution in [0.3, 0.4) is 0 Å². The summed E-state index contributed by atoms with van der Waals surface area (Å²) in [5.41, 5.74) is 0.504. The fourth-order valence-electron chi connectivity index (χ4n) is 2.51. The van der Waals surface area contributed by atoms with Gasteiger partial charge in [0.05, 0.1) is 36.9 Å². The van der Waals surface area contributed by atoms with Gasteiger partial charge in [0.15, 0.2) is 5.16 Å². The first-order valence-electron chi connectivity index (χ1n) is 8.13. The average Bonchev–Trinajstić information content (AvgIpc) is 3.43. The van der Waals surface area contributed by atoms with Crippen LogP contribution in [0.1, 0.15) is 11.5 Å². The monoisotopic (exact) mass is 401 g/mol. The van der Waals surface area contributed by atoms with Gasteiger partial charge in [0.25, 0.3) is 5.56 Å². The number of thiophene rings is 1. The summed E-state index contributed by atoms with van der Waals surface area (Å²) < 4.78 is 12.7. The van der Waals surface area contributed by atoms with Crippen molar-refractivity contribution in [3.8, 4) is 0 Å². The van der Waals surface area contributed by atoms with E-state index in [0.717, 1.165) is 0 Å².